The predicted octanol–water partition coefficient (Wildman–Crippen LogP) is -1.49. The number of primary amides is 1. The number of hydrogen-bond acceptors (Lipinski definition) is 5. The molecule has 19 heavy (non-hydrogen) atoms. The van der Waals surface area contributed by atoms with Gasteiger partial charge in [-0.05, 0) is 24.3 Å². The Morgan fingerprint density at radius 2 is 1.63 bits per heavy atom. The van der Waals surface area contributed by atoms with Crippen molar-refractivity contribution >= 4 is 15.9 Å². The minimum atomic E-state index is -3.79. The van der Waals surface area contributed by atoms with Crippen molar-refractivity contribution in [1.82, 2.24) is 4.31 Å². The van der Waals surface area contributed by atoms with Gasteiger partial charge in [-0.2, -0.15) is 4.31 Å². The fourth-order valence-corrected chi connectivity index (χ4v) is 3.35. The SMILES string of the molecule is NC(=O)c1ccc(S(=O)(=O)N2C[C@@H](O)[C@@H](O)C2)cc1. The van der Waals surface area contributed by atoms with Crippen LogP contribution >= 0.6 is 0 Å². The fraction of sp³-hybridized carbons (Fsp3) is 0.364. The van der Waals surface area contributed by atoms with Crippen LogP contribution in [0.1, 0.15) is 10.4 Å². The van der Waals surface area contributed by atoms with E-state index in [0.29, 0.717) is 0 Å². The first kappa shape index (κ1) is 13.9. The van der Waals surface area contributed by atoms with Crippen molar-refractivity contribution in [2.75, 3.05) is 13.1 Å². The molecule has 0 spiro atoms. The lowest BCUT2D eigenvalue weighted by Gasteiger charge is -2.15. The third-order valence-electron chi connectivity index (χ3n) is 3.00. The Hall–Kier alpha value is -1.48. The number of sulfonamides is 1. The number of carbonyl (C=O) groups excluding carboxylic acids is 1. The molecule has 1 aromatic rings. The molecule has 0 aliphatic carbocycles. The van der Waals surface area contributed by atoms with Crippen LogP contribution in [-0.2, 0) is 10.0 Å². The smallest absolute Gasteiger partial charge is 0.248 e. The van der Waals surface area contributed by atoms with Gasteiger partial charge in [0.1, 0.15) is 0 Å². The number of amides is 1. The second-order valence-corrected chi connectivity index (χ2v) is 6.28. The molecule has 104 valence electrons. The van der Waals surface area contributed by atoms with Crippen LogP contribution in [-0.4, -0.2) is 54.1 Å². The summed E-state index contributed by atoms with van der Waals surface area (Å²) >= 11 is 0. The summed E-state index contributed by atoms with van der Waals surface area (Å²) < 4.78 is 25.4. The van der Waals surface area contributed by atoms with Gasteiger partial charge in [-0.1, -0.05) is 0 Å². The third kappa shape index (κ3) is 2.61. The molecule has 0 bridgehead atoms. The summed E-state index contributed by atoms with van der Waals surface area (Å²) in [4.78, 5) is 10.9. The summed E-state index contributed by atoms with van der Waals surface area (Å²) in [5, 5.41) is 18.8. The average molecular weight is 286 g/mol. The van der Waals surface area contributed by atoms with Gasteiger partial charge in [0.2, 0.25) is 15.9 Å². The van der Waals surface area contributed by atoms with E-state index in [4.69, 9.17) is 5.73 Å². The lowest BCUT2D eigenvalue weighted by Crippen LogP contribution is -2.30. The molecular weight excluding hydrogens is 272 g/mol. The van der Waals surface area contributed by atoms with E-state index in [-0.39, 0.29) is 23.5 Å². The molecule has 0 saturated carbocycles. The molecule has 0 radical (unpaired) electrons. The first-order valence-electron chi connectivity index (χ1n) is 5.58. The minimum Gasteiger partial charge on any atom is -0.389 e. The number of rotatable bonds is 3. The number of nitrogens with zero attached hydrogens (tertiary/aromatic N) is 1. The van der Waals surface area contributed by atoms with E-state index in [0.717, 1.165) is 4.31 Å². The molecule has 1 aromatic carbocycles. The second kappa shape index (κ2) is 4.89. The van der Waals surface area contributed by atoms with E-state index in [1.807, 2.05) is 0 Å². The van der Waals surface area contributed by atoms with E-state index in [1.54, 1.807) is 0 Å². The summed E-state index contributed by atoms with van der Waals surface area (Å²) in [5.41, 5.74) is 5.28. The van der Waals surface area contributed by atoms with Gasteiger partial charge < -0.3 is 15.9 Å². The number of benzene rings is 1. The highest BCUT2D eigenvalue weighted by molar-refractivity contribution is 7.89. The zero-order valence-corrected chi connectivity index (χ0v) is 10.7. The molecule has 0 aromatic heterocycles. The molecule has 0 unspecified atom stereocenters. The molecule has 1 heterocycles. The van der Waals surface area contributed by atoms with E-state index in [9.17, 15) is 23.4 Å². The zero-order valence-electron chi connectivity index (χ0n) is 9.93. The molecule has 2 atom stereocenters. The van der Waals surface area contributed by atoms with E-state index in [2.05, 4.69) is 0 Å². The highest BCUT2D eigenvalue weighted by Gasteiger charge is 2.37. The van der Waals surface area contributed by atoms with Crippen molar-refractivity contribution in [3.63, 3.8) is 0 Å². The molecule has 1 saturated heterocycles. The Kier molecular flexibility index (Phi) is 3.59. The maximum Gasteiger partial charge on any atom is 0.248 e. The van der Waals surface area contributed by atoms with Crippen LogP contribution in [0.2, 0.25) is 0 Å². The van der Waals surface area contributed by atoms with Gasteiger partial charge in [-0.3, -0.25) is 4.79 Å². The highest BCUT2D eigenvalue weighted by Crippen LogP contribution is 2.21. The zero-order chi connectivity index (χ0) is 14.2. The van der Waals surface area contributed by atoms with E-state index >= 15 is 0 Å². The van der Waals surface area contributed by atoms with Crippen LogP contribution in [0.25, 0.3) is 0 Å². The van der Waals surface area contributed by atoms with Crippen molar-refractivity contribution in [1.29, 1.82) is 0 Å². The number of carbonyl (C=O) groups is 1. The van der Waals surface area contributed by atoms with Crippen molar-refractivity contribution in [3.8, 4) is 0 Å². The van der Waals surface area contributed by atoms with Crippen LogP contribution in [0, 0.1) is 0 Å². The van der Waals surface area contributed by atoms with Crippen molar-refractivity contribution in [2.45, 2.75) is 17.1 Å². The van der Waals surface area contributed by atoms with Gasteiger partial charge in [0.25, 0.3) is 0 Å². The Morgan fingerprint density at radius 3 is 2.05 bits per heavy atom. The lowest BCUT2D eigenvalue weighted by molar-refractivity contribution is 0.0572. The third-order valence-corrected chi connectivity index (χ3v) is 4.85. The van der Waals surface area contributed by atoms with Crippen LogP contribution in [0.5, 0.6) is 0 Å². The summed E-state index contributed by atoms with van der Waals surface area (Å²) in [6.45, 7) is -0.303. The maximum absolute atomic E-state index is 12.2. The van der Waals surface area contributed by atoms with E-state index < -0.39 is 28.1 Å². The summed E-state index contributed by atoms with van der Waals surface area (Å²) in [6.07, 6.45) is -2.17. The molecule has 1 amide bonds. The number of aliphatic hydroxyl groups excluding tert-OH is 2. The topological polar surface area (TPSA) is 121 Å². The van der Waals surface area contributed by atoms with Gasteiger partial charge in [0.15, 0.2) is 0 Å². The number of nitrogens with two attached hydrogens (primary N) is 1. The van der Waals surface area contributed by atoms with Crippen LogP contribution in [0.15, 0.2) is 29.2 Å². The number of aliphatic hydroxyl groups is 2. The molecular formula is C11H14N2O5S. The van der Waals surface area contributed by atoms with Crippen molar-refractivity contribution in [3.05, 3.63) is 29.8 Å². The first-order valence-corrected chi connectivity index (χ1v) is 7.02. The summed E-state index contributed by atoms with van der Waals surface area (Å²) in [5.74, 6) is -0.643. The van der Waals surface area contributed by atoms with Gasteiger partial charge in [0.05, 0.1) is 17.1 Å². The van der Waals surface area contributed by atoms with Crippen LogP contribution in [0.4, 0.5) is 0 Å². The standard InChI is InChI=1S/C11H14N2O5S/c12-11(16)7-1-3-8(4-2-7)19(17,18)13-5-9(14)10(15)6-13/h1-4,9-10,14-15H,5-6H2,(H2,12,16)/t9-,10+. The number of hydrogen-bond donors (Lipinski definition) is 3. The molecule has 7 nitrogen and oxygen atoms in total. The van der Waals surface area contributed by atoms with Crippen molar-refractivity contribution < 1.29 is 23.4 Å². The lowest BCUT2D eigenvalue weighted by atomic mass is 10.2. The Labute approximate surface area is 110 Å². The van der Waals surface area contributed by atoms with Gasteiger partial charge in [-0.25, -0.2) is 8.42 Å². The molecule has 8 heteroatoms. The minimum absolute atomic E-state index is 0.0150. The quantitative estimate of drug-likeness (QED) is 0.625. The van der Waals surface area contributed by atoms with Crippen molar-refractivity contribution in [2.24, 2.45) is 5.73 Å². The average Bonchev–Trinajstić information content (AvgIpc) is 2.70. The maximum atomic E-state index is 12.2. The van der Waals surface area contributed by atoms with E-state index in [1.165, 1.54) is 24.3 Å². The molecule has 1 fully saturated rings. The van der Waals surface area contributed by atoms with Gasteiger partial charge in [0, 0.05) is 18.7 Å². The normalized spacial score (nSPS) is 24.5. The monoisotopic (exact) mass is 286 g/mol. The Balaban J connectivity index is 2.27. The van der Waals surface area contributed by atoms with Gasteiger partial charge in [-0.15, -0.1) is 0 Å². The molecule has 1 aliphatic rings. The fourth-order valence-electron chi connectivity index (χ4n) is 1.87. The Morgan fingerprint density at radius 1 is 1.16 bits per heavy atom. The molecule has 4 N–H and O–H groups in total. The summed E-state index contributed by atoms with van der Waals surface area (Å²) in [6, 6.07) is 5.18. The largest absolute Gasteiger partial charge is 0.389 e. The van der Waals surface area contributed by atoms with Crippen LogP contribution < -0.4 is 5.73 Å². The second-order valence-electron chi connectivity index (χ2n) is 4.35. The first-order chi connectivity index (χ1) is 8.82. The summed E-state index contributed by atoms with van der Waals surface area (Å²) in [7, 11) is -3.79. The predicted molar refractivity (Wildman–Crippen MR) is 65.7 cm³/mol. The molecule has 2 rings (SSSR count). The van der Waals surface area contributed by atoms with Crippen LogP contribution in [0.3, 0.4) is 0 Å². The highest BCUT2D eigenvalue weighted by atomic mass is 32.2. The van der Waals surface area contributed by atoms with Gasteiger partial charge >= 0.3 is 0 Å². The Bertz CT molecular complexity index is 574. The molecule has 1 aliphatic heterocycles. The number of β-amino-alcohol motifs (C(OH)–C–C–N with tert-alkyl or cyclic N) is 2.